The third kappa shape index (κ3) is 5.02. The number of hydrogen-bond acceptors (Lipinski definition) is 2. The Morgan fingerprint density at radius 1 is 0.375 bits per heavy atom. The van der Waals surface area contributed by atoms with Crippen molar-refractivity contribution in [3.63, 3.8) is 0 Å². The van der Waals surface area contributed by atoms with Gasteiger partial charge in [-0.3, -0.25) is 0 Å². The van der Waals surface area contributed by atoms with Crippen molar-refractivity contribution in [2.45, 2.75) is 108 Å². The SMILES string of the molecule is C=C(C)C(=O)OC(F)(F)C(F)(F)C(F)(F)C(F)(F)C(F)(F)C(F)(F)C(F)(F)C(F)(F)C(F)(F)C1(F)C(F)(F)C(F)(F)C(F)(F)C(F)(F)C(F)(F)C(F)(F)C1(F)F. The van der Waals surface area contributed by atoms with E-state index in [0.717, 1.165) is 0 Å². The minimum Gasteiger partial charge on any atom is -0.393 e. The van der Waals surface area contributed by atoms with Crippen molar-refractivity contribution in [1.29, 1.82) is 0 Å². The van der Waals surface area contributed by atoms with E-state index in [4.69, 9.17) is 0 Å². The molecule has 0 spiro atoms. The Bertz CT molecular complexity index is 1520. The van der Waals surface area contributed by atoms with Crippen molar-refractivity contribution in [2.24, 2.45) is 0 Å². The molecular weight excluding hydrogens is 911 g/mol. The van der Waals surface area contributed by atoms with Gasteiger partial charge in [-0.1, -0.05) is 6.58 Å². The first-order chi connectivity index (χ1) is 23.6. The first-order valence-corrected chi connectivity index (χ1v) is 12.2. The molecule has 0 saturated heterocycles. The van der Waals surface area contributed by atoms with Crippen molar-refractivity contribution in [2.75, 3.05) is 0 Å². The first-order valence-electron chi connectivity index (χ1n) is 12.2. The molecule has 35 heteroatoms. The number of hydrogen-bond donors (Lipinski definition) is 0. The molecule has 1 aliphatic rings. The van der Waals surface area contributed by atoms with Crippen LogP contribution in [0, 0.1) is 0 Å². The zero-order valence-corrected chi connectivity index (χ0v) is 24.5. The molecule has 0 atom stereocenters. The van der Waals surface area contributed by atoms with Crippen LogP contribution in [0.4, 0.5) is 145 Å². The maximum Gasteiger partial charge on any atom is 0.473 e. The van der Waals surface area contributed by atoms with Gasteiger partial charge in [-0.15, -0.1) is 0 Å². The Hall–Kier alpha value is -3.10. The van der Waals surface area contributed by atoms with Gasteiger partial charge >= 0.3 is 107 Å². The zero-order chi connectivity index (χ0) is 46.4. The summed E-state index contributed by atoms with van der Waals surface area (Å²) in [7, 11) is 0. The first kappa shape index (κ1) is 50.9. The lowest BCUT2D eigenvalue weighted by Crippen LogP contribution is -2.89. The summed E-state index contributed by atoms with van der Waals surface area (Å²) in [5.41, 5.74) is -12.5. The van der Waals surface area contributed by atoms with Crippen LogP contribution < -0.4 is 0 Å². The quantitative estimate of drug-likeness (QED) is 0.117. The number of rotatable bonds is 11. The van der Waals surface area contributed by atoms with E-state index in [-0.39, 0.29) is 6.92 Å². The van der Waals surface area contributed by atoms with Gasteiger partial charge < -0.3 is 4.74 Å². The van der Waals surface area contributed by atoms with Crippen molar-refractivity contribution < 1.29 is 154 Å². The maximum absolute atomic E-state index is 15.0. The molecule has 332 valence electrons. The highest BCUT2D eigenvalue weighted by Crippen LogP contribution is 2.75. The van der Waals surface area contributed by atoms with Gasteiger partial charge in [-0.2, -0.15) is 140 Å². The van der Waals surface area contributed by atoms with Gasteiger partial charge in [0.25, 0.3) is 0 Å². The summed E-state index contributed by atoms with van der Waals surface area (Å²) in [5.74, 6) is -153. The molecule has 1 saturated carbocycles. The Kier molecular flexibility index (Phi) is 10.9. The Morgan fingerprint density at radius 2 is 0.571 bits per heavy atom. The summed E-state index contributed by atoms with van der Waals surface area (Å²) >= 11 is 0. The highest BCUT2D eigenvalue weighted by Gasteiger charge is 3.08. The van der Waals surface area contributed by atoms with Crippen LogP contribution in [0.15, 0.2) is 12.2 Å². The monoisotopic (exact) mass is 916 g/mol. The lowest BCUT2D eigenvalue weighted by molar-refractivity contribution is -0.524. The topological polar surface area (TPSA) is 26.3 Å². The van der Waals surface area contributed by atoms with Crippen LogP contribution in [-0.4, -0.2) is 107 Å². The Labute approximate surface area is 281 Å². The number of halogens is 33. The van der Waals surface area contributed by atoms with E-state index >= 15 is 0 Å². The Morgan fingerprint density at radius 3 is 0.804 bits per heavy atom. The van der Waals surface area contributed by atoms with E-state index in [1.807, 2.05) is 0 Å². The molecule has 0 unspecified atom stereocenters. The fourth-order valence-corrected chi connectivity index (χ4v) is 3.86. The minimum absolute atomic E-state index is 0.0779. The van der Waals surface area contributed by atoms with Crippen molar-refractivity contribution >= 4 is 5.97 Å². The summed E-state index contributed by atoms with van der Waals surface area (Å²) in [6.07, 6.45) is -7.87. The van der Waals surface area contributed by atoms with Crippen LogP contribution in [0.1, 0.15) is 6.92 Å². The number of alkyl halides is 33. The molecule has 0 N–H and O–H groups in total. The van der Waals surface area contributed by atoms with E-state index in [1.165, 1.54) is 0 Å². The minimum atomic E-state index is -10.8. The van der Waals surface area contributed by atoms with Gasteiger partial charge in [-0.25, -0.2) is 9.18 Å². The molecule has 0 bridgehead atoms. The third-order valence-corrected chi connectivity index (χ3v) is 7.36. The van der Waals surface area contributed by atoms with E-state index in [0.29, 0.717) is 0 Å². The summed E-state index contributed by atoms with van der Waals surface area (Å²) in [6.45, 7) is 2.32. The number of carbonyl (C=O) groups is 1. The van der Waals surface area contributed by atoms with Gasteiger partial charge in [-0.05, 0) is 6.92 Å². The standard InChI is InChI=1S/C21H5F33O2/c1-3(2)4(55)56-21(53,54)20(51,52)19(49,50)18(47,48)17(45,46)16(43,44)14(39,40)11(33,34)8(27,28)5(22)6(23,24)9(29,30)12(35,36)15(41,42)13(37,38)10(31,32)7(5,25)26/h1H2,2H3. The van der Waals surface area contributed by atoms with Crippen LogP contribution in [0.3, 0.4) is 0 Å². The molecule has 0 heterocycles. The van der Waals surface area contributed by atoms with Crippen molar-refractivity contribution in [1.82, 2.24) is 0 Å². The number of esters is 1. The summed E-state index contributed by atoms with van der Waals surface area (Å²) in [5, 5.41) is 0. The summed E-state index contributed by atoms with van der Waals surface area (Å²) in [6, 6.07) is 0. The molecule has 1 fully saturated rings. The molecule has 0 aliphatic heterocycles. The van der Waals surface area contributed by atoms with Crippen LogP contribution >= 0.6 is 0 Å². The normalized spacial score (nSPS) is 24.1. The zero-order valence-electron chi connectivity index (χ0n) is 24.5. The molecule has 0 aromatic carbocycles. The summed E-state index contributed by atoms with van der Waals surface area (Å²) < 4.78 is 464. The fourth-order valence-electron chi connectivity index (χ4n) is 3.86. The fraction of sp³-hybridized carbons (Fsp3) is 0.857. The molecule has 0 amide bonds. The van der Waals surface area contributed by atoms with E-state index in [9.17, 15) is 150 Å². The average Bonchev–Trinajstić information content (AvgIpc) is 2.97. The number of ether oxygens (including phenoxy) is 1. The molecule has 0 radical (unpaired) electrons. The molecular formula is C21H5F33O2. The molecule has 0 aromatic rings. The second-order valence-electron chi connectivity index (χ2n) is 11.0. The van der Waals surface area contributed by atoms with Gasteiger partial charge in [0.05, 0.1) is 0 Å². The molecule has 2 nitrogen and oxygen atoms in total. The number of carbonyl (C=O) groups excluding carboxylic acids is 1. The average molecular weight is 916 g/mol. The molecule has 1 rings (SSSR count). The molecule has 1 aliphatic carbocycles. The predicted octanol–water partition coefficient (Wildman–Crippen LogP) is 10.9. The highest BCUT2D eigenvalue weighted by molar-refractivity contribution is 5.87. The molecule has 56 heavy (non-hydrogen) atoms. The highest BCUT2D eigenvalue weighted by atomic mass is 19.4. The van der Waals surface area contributed by atoms with E-state index < -0.39 is 112 Å². The van der Waals surface area contributed by atoms with Crippen LogP contribution in [0.2, 0.25) is 0 Å². The lowest BCUT2D eigenvalue weighted by Gasteiger charge is -2.54. The van der Waals surface area contributed by atoms with Crippen LogP contribution in [0.5, 0.6) is 0 Å². The van der Waals surface area contributed by atoms with E-state index in [2.05, 4.69) is 11.3 Å². The lowest BCUT2D eigenvalue weighted by atomic mass is 9.68. The van der Waals surface area contributed by atoms with Gasteiger partial charge in [0, 0.05) is 5.57 Å². The van der Waals surface area contributed by atoms with Gasteiger partial charge in [0.2, 0.25) is 0 Å². The van der Waals surface area contributed by atoms with Gasteiger partial charge in [0.1, 0.15) is 0 Å². The largest absolute Gasteiger partial charge is 0.473 e. The smallest absolute Gasteiger partial charge is 0.393 e. The maximum atomic E-state index is 15.0. The predicted molar refractivity (Wildman–Crippen MR) is 104 cm³/mol. The second kappa shape index (κ2) is 12.0. The van der Waals surface area contributed by atoms with Crippen LogP contribution in [0.25, 0.3) is 0 Å². The summed E-state index contributed by atoms with van der Waals surface area (Å²) in [4.78, 5) is 10.9. The van der Waals surface area contributed by atoms with Gasteiger partial charge in [0.15, 0.2) is 0 Å². The van der Waals surface area contributed by atoms with Crippen molar-refractivity contribution in [3.05, 3.63) is 12.2 Å². The third-order valence-electron chi connectivity index (χ3n) is 7.36. The Balaban J connectivity index is 4.42. The second-order valence-corrected chi connectivity index (χ2v) is 11.0. The van der Waals surface area contributed by atoms with Crippen molar-refractivity contribution in [3.8, 4) is 0 Å². The van der Waals surface area contributed by atoms with Crippen LogP contribution in [-0.2, 0) is 9.53 Å². The van der Waals surface area contributed by atoms with E-state index in [1.54, 1.807) is 0 Å². The molecule has 0 aromatic heterocycles.